The molecule has 0 amide bonds. The first-order chi connectivity index (χ1) is 9.70. The molecule has 0 aliphatic heterocycles. The van der Waals surface area contributed by atoms with Crippen LogP contribution in [0, 0.1) is 5.92 Å². The van der Waals surface area contributed by atoms with Crippen LogP contribution in [0.5, 0.6) is 11.5 Å². The molecule has 0 aromatic heterocycles. The van der Waals surface area contributed by atoms with Crippen molar-refractivity contribution in [3.8, 4) is 11.5 Å². The van der Waals surface area contributed by atoms with Gasteiger partial charge in [0.25, 0.3) is 0 Å². The van der Waals surface area contributed by atoms with Crippen molar-refractivity contribution in [1.29, 1.82) is 0 Å². The number of carboxylic acid groups (broad SMARTS) is 1. The summed E-state index contributed by atoms with van der Waals surface area (Å²) < 4.78 is 11.3. The number of hydrogen-bond acceptors (Lipinski definition) is 3. The van der Waals surface area contributed by atoms with Crippen molar-refractivity contribution in [1.82, 2.24) is 0 Å². The van der Waals surface area contributed by atoms with E-state index >= 15 is 0 Å². The monoisotopic (exact) mass is 278 g/mol. The third-order valence-corrected chi connectivity index (χ3v) is 3.61. The number of aromatic carboxylic acids is 1. The Morgan fingerprint density at radius 1 is 1.30 bits per heavy atom. The van der Waals surface area contributed by atoms with E-state index in [9.17, 15) is 9.90 Å². The summed E-state index contributed by atoms with van der Waals surface area (Å²) in [5.41, 5.74) is 0.201. The molecular formula is C16H22O4. The van der Waals surface area contributed by atoms with Crippen molar-refractivity contribution < 1.29 is 19.4 Å². The van der Waals surface area contributed by atoms with Crippen LogP contribution in [0.3, 0.4) is 0 Å². The van der Waals surface area contributed by atoms with E-state index in [-0.39, 0.29) is 5.56 Å². The topological polar surface area (TPSA) is 55.8 Å². The lowest BCUT2D eigenvalue weighted by Crippen LogP contribution is -2.11. The maximum absolute atomic E-state index is 11.2. The van der Waals surface area contributed by atoms with Crippen molar-refractivity contribution in [2.45, 2.75) is 39.0 Å². The second-order valence-corrected chi connectivity index (χ2v) is 5.27. The number of rotatable bonds is 7. The van der Waals surface area contributed by atoms with E-state index < -0.39 is 5.97 Å². The number of benzene rings is 1. The summed E-state index contributed by atoms with van der Waals surface area (Å²) in [6, 6.07) is 4.92. The van der Waals surface area contributed by atoms with Gasteiger partial charge in [0.15, 0.2) is 0 Å². The van der Waals surface area contributed by atoms with Crippen LogP contribution in [-0.2, 0) is 0 Å². The SMILES string of the molecule is CCCOc1ccc(C(=O)O)c(OCC2CCCC2)c1. The molecule has 0 bridgehead atoms. The number of hydrogen-bond donors (Lipinski definition) is 1. The fourth-order valence-corrected chi connectivity index (χ4v) is 2.49. The summed E-state index contributed by atoms with van der Waals surface area (Å²) in [5.74, 6) is 0.668. The third kappa shape index (κ3) is 3.89. The van der Waals surface area contributed by atoms with Crippen LogP contribution in [0.2, 0.25) is 0 Å². The quantitative estimate of drug-likeness (QED) is 0.825. The number of ether oxygens (including phenoxy) is 2. The third-order valence-electron chi connectivity index (χ3n) is 3.61. The Hall–Kier alpha value is -1.71. The normalized spacial score (nSPS) is 15.2. The zero-order valence-electron chi connectivity index (χ0n) is 11.9. The molecule has 1 aromatic rings. The summed E-state index contributed by atoms with van der Waals surface area (Å²) in [7, 11) is 0. The molecular weight excluding hydrogens is 256 g/mol. The molecule has 4 heteroatoms. The first-order valence-corrected chi connectivity index (χ1v) is 7.33. The molecule has 1 saturated carbocycles. The van der Waals surface area contributed by atoms with Crippen molar-refractivity contribution in [3.63, 3.8) is 0 Å². The zero-order valence-corrected chi connectivity index (χ0v) is 11.9. The molecule has 0 saturated heterocycles. The Morgan fingerprint density at radius 2 is 2.05 bits per heavy atom. The summed E-state index contributed by atoms with van der Waals surface area (Å²) in [6.07, 6.45) is 5.76. The van der Waals surface area contributed by atoms with Gasteiger partial charge in [0.1, 0.15) is 17.1 Å². The molecule has 2 rings (SSSR count). The van der Waals surface area contributed by atoms with Gasteiger partial charge in [-0.2, -0.15) is 0 Å². The van der Waals surface area contributed by atoms with Crippen molar-refractivity contribution in [2.24, 2.45) is 5.92 Å². The van der Waals surface area contributed by atoms with Gasteiger partial charge in [0, 0.05) is 6.07 Å². The second kappa shape index (κ2) is 7.17. The van der Waals surface area contributed by atoms with Crippen LogP contribution in [0.1, 0.15) is 49.4 Å². The molecule has 0 atom stereocenters. The highest BCUT2D eigenvalue weighted by molar-refractivity contribution is 5.91. The molecule has 1 aliphatic rings. The van der Waals surface area contributed by atoms with Gasteiger partial charge < -0.3 is 14.6 Å². The molecule has 0 heterocycles. The Kier molecular flexibility index (Phi) is 5.27. The Balaban J connectivity index is 2.06. The predicted molar refractivity (Wildman–Crippen MR) is 76.6 cm³/mol. The first-order valence-electron chi connectivity index (χ1n) is 7.33. The smallest absolute Gasteiger partial charge is 0.339 e. The van der Waals surface area contributed by atoms with E-state index in [1.54, 1.807) is 18.2 Å². The highest BCUT2D eigenvalue weighted by Gasteiger charge is 2.18. The van der Waals surface area contributed by atoms with E-state index in [2.05, 4.69) is 0 Å². The van der Waals surface area contributed by atoms with Crippen molar-refractivity contribution in [3.05, 3.63) is 23.8 Å². The minimum absolute atomic E-state index is 0.201. The maximum Gasteiger partial charge on any atom is 0.339 e. The number of carboxylic acids is 1. The highest BCUT2D eigenvalue weighted by Crippen LogP contribution is 2.29. The summed E-state index contributed by atoms with van der Waals surface area (Å²) in [4.78, 5) is 11.2. The fourth-order valence-electron chi connectivity index (χ4n) is 2.49. The molecule has 4 nitrogen and oxygen atoms in total. The second-order valence-electron chi connectivity index (χ2n) is 5.27. The lowest BCUT2D eigenvalue weighted by molar-refractivity contribution is 0.0691. The van der Waals surface area contributed by atoms with Gasteiger partial charge >= 0.3 is 5.97 Å². The summed E-state index contributed by atoms with van der Waals surface area (Å²) >= 11 is 0. The van der Waals surface area contributed by atoms with Crippen LogP contribution >= 0.6 is 0 Å². The van der Waals surface area contributed by atoms with Crippen LogP contribution in [-0.4, -0.2) is 24.3 Å². The van der Waals surface area contributed by atoms with Gasteiger partial charge in [-0.3, -0.25) is 0 Å². The molecule has 1 aliphatic carbocycles. The molecule has 1 aromatic carbocycles. The van der Waals surface area contributed by atoms with E-state index in [1.165, 1.54) is 25.7 Å². The van der Waals surface area contributed by atoms with E-state index in [0.29, 0.717) is 30.6 Å². The van der Waals surface area contributed by atoms with Crippen LogP contribution < -0.4 is 9.47 Å². The van der Waals surface area contributed by atoms with Gasteiger partial charge in [-0.1, -0.05) is 19.8 Å². The minimum atomic E-state index is -0.964. The van der Waals surface area contributed by atoms with Gasteiger partial charge in [-0.05, 0) is 37.3 Å². The van der Waals surface area contributed by atoms with Crippen molar-refractivity contribution >= 4 is 5.97 Å². The Bertz CT molecular complexity index is 450. The van der Waals surface area contributed by atoms with Gasteiger partial charge in [0.2, 0.25) is 0 Å². The molecule has 20 heavy (non-hydrogen) atoms. The lowest BCUT2D eigenvalue weighted by atomic mass is 10.1. The van der Waals surface area contributed by atoms with Gasteiger partial charge in [-0.25, -0.2) is 4.79 Å². The van der Waals surface area contributed by atoms with Gasteiger partial charge in [-0.15, -0.1) is 0 Å². The average Bonchev–Trinajstić information content (AvgIpc) is 2.96. The zero-order chi connectivity index (χ0) is 14.4. The van der Waals surface area contributed by atoms with Gasteiger partial charge in [0.05, 0.1) is 13.2 Å². The molecule has 1 N–H and O–H groups in total. The molecule has 110 valence electrons. The van der Waals surface area contributed by atoms with E-state index in [0.717, 1.165) is 6.42 Å². The maximum atomic E-state index is 11.2. The van der Waals surface area contributed by atoms with Crippen molar-refractivity contribution in [2.75, 3.05) is 13.2 Å². The van der Waals surface area contributed by atoms with Crippen LogP contribution in [0.15, 0.2) is 18.2 Å². The van der Waals surface area contributed by atoms with E-state index in [4.69, 9.17) is 9.47 Å². The Labute approximate surface area is 119 Å². The summed E-state index contributed by atoms with van der Waals surface area (Å²) in [5, 5.41) is 9.20. The lowest BCUT2D eigenvalue weighted by Gasteiger charge is -2.14. The first kappa shape index (κ1) is 14.7. The molecule has 0 spiro atoms. The van der Waals surface area contributed by atoms with E-state index in [1.807, 2.05) is 6.92 Å². The average molecular weight is 278 g/mol. The fraction of sp³-hybridized carbons (Fsp3) is 0.562. The highest BCUT2D eigenvalue weighted by atomic mass is 16.5. The summed E-state index contributed by atoms with van der Waals surface area (Å²) in [6.45, 7) is 3.25. The Morgan fingerprint density at radius 3 is 2.70 bits per heavy atom. The molecule has 1 fully saturated rings. The largest absolute Gasteiger partial charge is 0.493 e. The molecule has 0 unspecified atom stereocenters. The molecule has 0 radical (unpaired) electrons. The van der Waals surface area contributed by atoms with Crippen LogP contribution in [0.4, 0.5) is 0 Å². The number of carbonyl (C=O) groups is 1. The standard InChI is InChI=1S/C16H22O4/c1-2-9-19-13-7-8-14(16(17)18)15(10-13)20-11-12-5-3-4-6-12/h7-8,10,12H,2-6,9,11H2,1H3,(H,17,18). The minimum Gasteiger partial charge on any atom is -0.493 e. The van der Waals surface area contributed by atoms with Crippen LogP contribution in [0.25, 0.3) is 0 Å². The predicted octanol–water partition coefficient (Wildman–Crippen LogP) is 3.74.